The van der Waals surface area contributed by atoms with Gasteiger partial charge in [-0.2, -0.15) is 21.6 Å². The summed E-state index contributed by atoms with van der Waals surface area (Å²) < 4.78 is 68.6. The van der Waals surface area contributed by atoms with Crippen LogP contribution in [0.15, 0.2) is 18.2 Å². The molecule has 10 unspecified atom stereocenters. The summed E-state index contributed by atoms with van der Waals surface area (Å²) in [4.78, 5) is 0. The van der Waals surface area contributed by atoms with Crippen molar-refractivity contribution >= 4 is 10.1 Å². The molecular weight excluding hydrogens is 485 g/mol. The van der Waals surface area contributed by atoms with E-state index in [0.29, 0.717) is 47.3 Å². The van der Waals surface area contributed by atoms with E-state index < -0.39 is 15.6 Å². The fourth-order valence-corrected chi connectivity index (χ4v) is 9.75. The standard InChI is InChI=1S/C29H41F3O3S/c1-16-5-20-9-18(3)27(22(7-16)11-20)24-13-25(15-26(14-24)35-36(33,34)29(30,31)32)28-19(4)10-21-6-17(2)8-23(28)12-21/h13-23,27-28H,5-12H2,1-4H3. The van der Waals surface area contributed by atoms with Gasteiger partial charge in [0.25, 0.3) is 0 Å². The lowest BCUT2D eigenvalue weighted by molar-refractivity contribution is -0.0500. The Morgan fingerprint density at radius 3 is 1.56 bits per heavy atom. The zero-order valence-electron chi connectivity index (χ0n) is 21.9. The molecule has 4 fully saturated rings. The van der Waals surface area contributed by atoms with E-state index in [1.165, 1.54) is 12.8 Å². The molecule has 36 heavy (non-hydrogen) atoms. The first kappa shape index (κ1) is 26.4. The molecule has 0 aliphatic heterocycles. The maximum absolute atomic E-state index is 13.3. The van der Waals surface area contributed by atoms with Crippen molar-refractivity contribution in [3.8, 4) is 5.75 Å². The molecule has 0 spiro atoms. The topological polar surface area (TPSA) is 43.4 Å². The summed E-state index contributed by atoms with van der Waals surface area (Å²) >= 11 is 0. The first-order valence-electron chi connectivity index (χ1n) is 14.0. The van der Waals surface area contributed by atoms with Crippen molar-refractivity contribution in [1.29, 1.82) is 0 Å². The Balaban J connectivity index is 1.56. The summed E-state index contributed by atoms with van der Waals surface area (Å²) in [7, 11) is -5.72. The molecule has 202 valence electrons. The van der Waals surface area contributed by atoms with Gasteiger partial charge in [-0.15, -0.1) is 0 Å². The molecule has 4 saturated carbocycles. The molecule has 3 nitrogen and oxygen atoms in total. The number of benzene rings is 1. The molecule has 4 aliphatic rings. The molecule has 0 saturated heterocycles. The molecule has 7 heteroatoms. The quantitative estimate of drug-likeness (QED) is 0.293. The highest BCUT2D eigenvalue weighted by Crippen LogP contribution is 2.55. The predicted molar refractivity (Wildman–Crippen MR) is 135 cm³/mol. The third kappa shape index (κ3) is 5.07. The number of alkyl halides is 3. The van der Waals surface area contributed by atoms with E-state index in [2.05, 4.69) is 33.8 Å². The van der Waals surface area contributed by atoms with Crippen LogP contribution in [0.3, 0.4) is 0 Å². The Kier molecular flexibility index (Phi) is 6.96. The summed E-state index contributed by atoms with van der Waals surface area (Å²) in [5.41, 5.74) is -3.50. The Labute approximate surface area is 214 Å². The van der Waals surface area contributed by atoms with Crippen molar-refractivity contribution in [2.75, 3.05) is 0 Å². The van der Waals surface area contributed by atoms with E-state index in [9.17, 15) is 21.6 Å². The van der Waals surface area contributed by atoms with Crippen LogP contribution in [-0.2, 0) is 10.1 Å². The Bertz CT molecular complexity index is 1000. The average Bonchev–Trinajstić information content (AvgIpc) is 2.71. The SMILES string of the molecule is CC1CC2CC(C)C(c3cc(OS(=O)(=O)C(F)(F)F)cc(C4C(C)CC5CC(C)CC4C5)c3)C(C1)C2. The van der Waals surface area contributed by atoms with Crippen LogP contribution in [-0.4, -0.2) is 13.9 Å². The number of halogens is 3. The summed E-state index contributed by atoms with van der Waals surface area (Å²) in [6.07, 6.45) is 9.30. The van der Waals surface area contributed by atoms with E-state index in [0.717, 1.165) is 49.7 Å². The van der Waals surface area contributed by atoms with E-state index in [-0.39, 0.29) is 17.6 Å². The van der Waals surface area contributed by atoms with E-state index >= 15 is 0 Å². The second-order valence-electron chi connectivity index (χ2n) is 13.2. The van der Waals surface area contributed by atoms with Gasteiger partial charge in [-0.25, -0.2) is 0 Å². The van der Waals surface area contributed by atoms with Crippen molar-refractivity contribution in [1.82, 2.24) is 0 Å². The smallest absolute Gasteiger partial charge is 0.376 e. The summed E-state index contributed by atoms with van der Waals surface area (Å²) in [6, 6.07) is 5.43. The Hall–Kier alpha value is -1.24. The van der Waals surface area contributed by atoms with Crippen LogP contribution in [0.5, 0.6) is 5.75 Å². The van der Waals surface area contributed by atoms with E-state index in [1.54, 1.807) is 12.1 Å². The van der Waals surface area contributed by atoms with Crippen molar-refractivity contribution in [2.45, 2.75) is 96.4 Å². The van der Waals surface area contributed by atoms with Gasteiger partial charge in [-0.1, -0.05) is 33.8 Å². The minimum absolute atomic E-state index is 0.170. The molecule has 1 aromatic rings. The highest BCUT2D eigenvalue weighted by atomic mass is 32.2. The average molecular weight is 527 g/mol. The van der Waals surface area contributed by atoms with Gasteiger partial charge in [-0.3, -0.25) is 0 Å². The van der Waals surface area contributed by atoms with Gasteiger partial charge < -0.3 is 4.18 Å². The van der Waals surface area contributed by atoms with Gasteiger partial charge in [0.15, 0.2) is 0 Å². The summed E-state index contributed by atoms with van der Waals surface area (Å²) in [5, 5.41) is 0. The molecule has 0 N–H and O–H groups in total. The third-order valence-electron chi connectivity index (χ3n) is 10.0. The molecule has 1 aromatic carbocycles. The molecule has 0 aromatic heterocycles. The van der Waals surface area contributed by atoms with Crippen LogP contribution >= 0.6 is 0 Å². The minimum atomic E-state index is -5.72. The third-order valence-corrected chi connectivity index (χ3v) is 11.0. The Morgan fingerprint density at radius 1 is 0.694 bits per heavy atom. The maximum Gasteiger partial charge on any atom is 0.534 e. The van der Waals surface area contributed by atoms with Crippen molar-refractivity contribution in [2.24, 2.45) is 47.3 Å². The van der Waals surface area contributed by atoms with Crippen LogP contribution < -0.4 is 4.18 Å². The molecule has 10 atom stereocenters. The number of hydrogen-bond acceptors (Lipinski definition) is 3. The summed E-state index contributed by atoms with van der Waals surface area (Å²) in [6.45, 7) is 9.13. The first-order chi connectivity index (χ1) is 16.8. The second-order valence-corrected chi connectivity index (χ2v) is 14.7. The second kappa shape index (κ2) is 9.50. The molecular formula is C29H41F3O3S. The number of rotatable bonds is 4. The monoisotopic (exact) mass is 526 g/mol. The van der Waals surface area contributed by atoms with Gasteiger partial charge in [0.05, 0.1) is 0 Å². The lowest BCUT2D eigenvalue weighted by atomic mass is 9.57. The van der Waals surface area contributed by atoms with Crippen LogP contribution in [0.2, 0.25) is 0 Å². The van der Waals surface area contributed by atoms with Crippen molar-refractivity contribution < 1.29 is 25.8 Å². The molecule has 5 rings (SSSR count). The van der Waals surface area contributed by atoms with Gasteiger partial charge in [0.2, 0.25) is 0 Å². The molecule has 4 bridgehead atoms. The predicted octanol–water partition coefficient (Wildman–Crippen LogP) is 8.27. The maximum atomic E-state index is 13.3. The highest BCUT2D eigenvalue weighted by molar-refractivity contribution is 7.88. The lowest BCUT2D eigenvalue weighted by Crippen LogP contribution is -2.37. The highest BCUT2D eigenvalue weighted by Gasteiger charge is 2.49. The van der Waals surface area contributed by atoms with Crippen molar-refractivity contribution in [3.05, 3.63) is 29.3 Å². The number of hydrogen-bond donors (Lipinski definition) is 0. The molecule has 0 heterocycles. The van der Waals surface area contributed by atoms with Crippen LogP contribution in [0, 0.1) is 47.3 Å². The minimum Gasteiger partial charge on any atom is -0.376 e. The van der Waals surface area contributed by atoms with E-state index in [4.69, 9.17) is 4.18 Å². The normalized spacial score (nSPS) is 41.1. The summed E-state index contributed by atoms with van der Waals surface area (Å²) in [5.74, 6) is 4.77. The van der Waals surface area contributed by atoms with Crippen LogP contribution in [0.4, 0.5) is 13.2 Å². The largest absolute Gasteiger partial charge is 0.534 e. The first-order valence-corrected chi connectivity index (χ1v) is 15.4. The fourth-order valence-electron chi connectivity index (χ4n) is 9.31. The lowest BCUT2D eigenvalue weighted by Gasteiger charge is -2.48. The van der Waals surface area contributed by atoms with Gasteiger partial charge in [-0.05, 0) is 134 Å². The molecule has 4 aliphatic carbocycles. The Morgan fingerprint density at radius 2 is 1.14 bits per heavy atom. The fraction of sp³-hybridized carbons (Fsp3) is 0.793. The van der Waals surface area contributed by atoms with Crippen LogP contribution in [0.25, 0.3) is 0 Å². The van der Waals surface area contributed by atoms with Crippen LogP contribution in [0.1, 0.15) is 102 Å². The van der Waals surface area contributed by atoms with E-state index in [1.807, 2.05) is 0 Å². The molecule has 0 radical (unpaired) electrons. The number of fused-ring (bicyclic) bond motifs is 4. The zero-order valence-corrected chi connectivity index (χ0v) is 22.7. The zero-order chi connectivity index (χ0) is 26.0. The van der Waals surface area contributed by atoms with Gasteiger partial charge in [0.1, 0.15) is 5.75 Å². The molecule has 0 amide bonds. The van der Waals surface area contributed by atoms with Gasteiger partial charge in [0, 0.05) is 0 Å². The van der Waals surface area contributed by atoms with Crippen molar-refractivity contribution in [3.63, 3.8) is 0 Å². The van der Waals surface area contributed by atoms with Gasteiger partial charge >= 0.3 is 15.6 Å².